The smallest absolute Gasteiger partial charge is 0.331 e. The lowest BCUT2D eigenvalue weighted by molar-refractivity contribution is -0.136. The predicted molar refractivity (Wildman–Crippen MR) is 104 cm³/mol. The second-order valence-electron chi connectivity index (χ2n) is 6.19. The number of nitrogens with one attached hydrogen (secondary N) is 1. The molecule has 7 nitrogen and oxygen atoms in total. The molecular formula is C21H23NO6. The van der Waals surface area contributed by atoms with E-state index in [1.807, 2.05) is 0 Å². The zero-order valence-electron chi connectivity index (χ0n) is 16.5. The monoisotopic (exact) mass is 385 g/mol. The summed E-state index contributed by atoms with van der Waals surface area (Å²) in [5, 5.41) is 0. The van der Waals surface area contributed by atoms with Gasteiger partial charge in [-0.25, -0.2) is 4.79 Å². The van der Waals surface area contributed by atoms with E-state index in [0.29, 0.717) is 33.9 Å². The maximum atomic E-state index is 12.3. The van der Waals surface area contributed by atoms with Crippen molar-refractivity contribution in [1.29, 1.82) is 0 Å². The quantitative estimate of drug-likeness (QED) is 0.426. The number of carbonyl (C=O) groups is 3. The molecule has 0 radical (unpaired) electrons. The van der Waals surface area contributed by atoms with Crippen LogP contribution in [0.1, 0.15) is 44.6 Å². The molecule has 0 amide bonds. The Morgan fingerprint density at radius 2 is 1.64 bits per heavy atom. The van der Waals surface area contributed by atoms with Gasteiger partial charge in [-0.15, -0.1) is 0 Å². The number of aromatic amines is 1. The van der Waals surface area contributed by atoms with E-state index in [1.165, 1.54) is 33.3 Å². The zero-order valence-corrected chi connectivity index (χ0v) is 16.5. The first-order valence-corrected chi connectivity index (χ1v) is 8.58. The Bertz CT molecular complexity index is 916. The summed E-state index contributed by atoms with van der Waals surface area (Å²) in [7, 11) is 3.06. The lowest BCUT2D eigenvalue weighted by Crippen LogP contribution is -2.14. The Morgan fingerprint density at radius 1 is 1.04 bits per heavy atom. The number of aryl methyl sites for hydroxylation is 1. The first-order chi connectivity index (χ1) is 13.3. The van der Waals surface area contributed by atoms with Gasteiger partial charge in [0.15, 0.2) is 12.4 Å². The van der Waals surface area contributed by atoms with E-state index in [-0.39, 0.29) is 11.5 Å². The molecule has 0 unspecified atom stereocenters. The summed E-state index contributed by atoms with van der Waals surface area (Å²) in [4.78, 5) is 38.8. The Morgan fingerprint density at radius 3 is 2.14 bits per heavy atom. The predicted octanol–water partition coefficient (Wildman–Crippen LogP) is 3.29. The summed E-state index contributed by atoms with van der Waals surface area (Å²) in [5.74, 6) is -0.0254. The maximum absolute atomic E-state index is 12.3. The average Bonchev–Trinajstić information content (AvgIpc) is 2.98. The number of rotatable bonds is 8. The number of carbonyl (C=O) groups excluding carboxylic acids is 3. The third-order valence-corrected chi connectivity index (χ3v) is 4.20. The number of benzene rings is 1. The Kier molecular flexibility index (Phi) is 6.76. The third-order valence-electron chi connectivity index (χ3n) is 4.20. The first kappa shape index (κ1) is 21.0. The molecule has 0 saturated heterocycles. The summed E-state index contributed by atoms with van der Waals surface area (Å²) in [6.45, 7) is 4.42. The van der Waals surface area contributed by atoms with Gasteiger partial charge in [0.25, 0.3) is 0 Å². The van der Waals surface area contributed by atoms with Crippen LogP contribution in [0.15, 0.2) is 24.3 Å². The number of aromatic nitrogens is 1. The molecular weight excluding hydrogens is 362 g/mol. The molecule has 7 heteroatoms. The van der Waals surface area contributed by atoms with Crippen molar-refractivity contribution in [3.63, 3.8) is 0 Å². The molecule has 1 heterocycles. The van der Waals surface area contributed by atoms with Gasteiger partial charge in [-0.3, -0.25) is 9.59 Å². The van der Waals surface area contributed by atoms with Gasteiger partial charge >= 0.3 is 5.97 Å². The van der Waals surface area contributed by atoms with Crippen LogP contribution >= 0.6 is 0 Å². The van der Waals surface area contributed by atoms with Crippen molar-refractivity contribution in [3.05, 3.63) is 52.4 Å². The van der Waals surface area contributed by atoms with Crippen molar-refractivity contribution in [1.82, 2.24) is 4.98 Å². The number of esters is 1. The van der Waals surface area contributed by atoms with E-state index in [9.17, 15) is 14.4 Å². The first-order valence-electron chi connectivity index (χ1n) is 8.58. The molecule has 2 aromatic rings. The van der Waals surface area contributed by atoms with Gasteiger partial charge in [0.2, 0.25) is 5.78 Å². The number of methoxy groups -OCH3 is 2. The Balaban J connectivity index is 2.03. The molecule has 1 N–H and O–H groups in total. The number of hydrogen-bond acceptors (Lipinski definition) is 6. The van der Waals surface area contributed by atoms with Crippen LogP contribution in [0.4, 0.5) is 0 Å². The lowest BCUT2D eigenvalue weighted by Gasteiger charge is -2.06. The summed E-state index contributed by atoms with van der Waals surface area (Å²) < 4.78 is 15.4. The molecule has 0 saturated carbocycles. The largest absolute Gasteiger partial charge is 0.497 e. The van der Waals surface area contributed by atoms with Crippen molar-refractivity contribution >= 4 is 23.6 Å². The lowest BCUT2D eigenvalue weighted by atomic mass is 10.1. The van der Waals surface area contributed by atoms with E-state index in [0.717, 1.165) is 0 Å². The normalized spacial score (nSPS) is 10.8. The molecule has 0 aliphatic heterocycles. The van der Waals surface area contributed by atoms with Crippen molar-refractivity contribution in [2.24, 2.45) is 0 Å². The van der Waals surface area contributed by atoms with Gasteiger partial charge in [0, 0.05) is 23.4 Å². The number of H-pyrrole nitrogens is 1. The fraction of sp³-hybridized carbons (Fsp3) is 0.286. The molecule has 0 bridgehead atoms. The van der Waals surface area contributed by atoms with Gasteiger partial charge in [-0.05, 0) is 50.1 Å². The van der Waals surface area contributed by atoms with E-state index in [2.05, 4.69) is 4.98 Å². The summed E-state index contributed by atoms with van der Waals surface area (Å²) in [5.41, 5.74) is 2.62. The molecule has 0 aliphatic rings. The highest BCUT2D eigenvalue weighted by Crippen LogP contribution is 2.23. The van der Waals surface area contributed by atoms with Crippen molar-refractivity contribution < 1.29 is 28.6 Å². The molecule has 1 aromatic heterocycles. The molecule has 148 valence electrons. The van der Waals surface area contributed by atoms with Crippen molar-refractivity contribution in [3.8, 4) is 11.5 Å². The van der Waals surface area contributed by atoms with Crippen molar-refractivity contribution in [2.75, 3.05) is 20.8 Å². The van der Waals surface area contributed by atoms with Gasteiger partial charge < -0.3 is 19.2 Å². The summed E-state index contributed by atoms with van der Waals surface area (Å²) in [6, 6.07) is 5.17. The van der Waals surface area contributed by atoms with E-state index in [1.54, 1.807) is 32.0 Å². The number of ether oxygens (including phenoxy) is 3. The minimum Gasteiger partial charge on any atom is -0.497 e. The zero-order chi connectivity index (χ0) is 20.8. The highest BCUT2D eigenvalue weighted by molar-refractivity contribution is 6.04. The fourth-order valence-corrected chi connectivity index (χ4v) is 2.90. The molecule has 0 fully saturated rings. The van der Waals surface area contributed by atoms with E-state index < -0.39 is 18.4 Å². The van der Waals surface area contributed by atoms with Gasteiger partial charge in [0.05, 0.1) is 19.9 Å². The van der Waals surface area contributed by atoms with Crippen LogP contribution in [0.5, 0.6) is 11.5 Å². The molecule has 2 rings (SSSR count). The minimum absolute atomic E-state index is 0.126. The van der Waals surface area contributed by atoms with Crippen molar-refractivity contribution in [2.45, 2.75) is 20.8 Å². The number of Topliss-reactive ketones (excluding diaryl/α,β-unsaturated/α-hetero) is 2. The molecule has 0 aliphatic carbocycles. The highest BCUT2D eigenvalue weighted by atomic mass is 16.5. The summed E-state index contributed by atoms with van der Waals surface area (Å²) in [6.07, 6.45) is 2.76. The summed E-state index contributed by atoms with van der Waals surface area (Å²) >= 11 is 0. The maximum Gasteiger partial charge on any atom is 0.331 e. The van der Waals surface area contributed by atoms with Crippen LogP contribution in [-0.2, 0) is 9.53 Å². The topological polar surface area (TPSA) is 94.7 Å². The van der Waals surface area contributed by atoms with Crippen LogP contribution < -0.4 is 9.47 Å². The SMILES string of the molecule is COc1cc(/C=C/C(=O)OCC(=O)c2[nH]c(C)c(C(C)=O)c2C)cc(OC)c1. The number of ketones is 2. The van der Waals surface area contributed by atoms with Gasteiger partial charge in [-0.1, -0.05) is 0 Å². The van der Waals surface area contributed by atoms with Gasteiger partial charge in [0.1, 0.15) is 11.5 Å². The van der Waals surface area contributed by atoms with Crippen LogP contribution in [0.3, 0.4) is 0 Å². The second kappa shape index (κ2) is 9.03. The Labute approximate surface area is 163 Å². The number of hydrogen-bond donors (Lipinski definition) is 1. The van der Waals surface area contributed by atoms with Crippen LogP contribution in [0, 0.1) is 13.8 Å². The fourth-order valence-electron chi connectivity index (χ4n) is 2.90. The molecule has 1 aromatic carbocycles. The molecule has 0 atom stereocenters. The second-order valence-corrected chi connectivity index (χ2v) is 6.19. The van der Waals surface area contributed by atoms with Crippen LogP contribution in [0.25, 0.3) is 6.08 Å². The molecule has 0 spiro atoms. The van der Waals surface area contributed by atoms with E-state index >= 15 is 0 Å². The average molecular weight is 385 g/mol. The highest BCUT2D eigenvalue weighted by Gasteiger charge is 2.20. The van der Waals surface area contributed by atoms with Crippen LogP contribution in [0.2, 0.25) is 0 Å². The van der Waals surface area contributed by atoms with Gasteiger partial charge in [-0.2, -0.15) is 0 Å². The minimum atomic E-state index is -0.664. The van der Waals surface area contributed by atoms with Crippen LogP contribution in [-0.4, -0.2) is 43.3 Å². The standard InChI is InChI=1S/C21H23NO6/c1-12-20(14(3)23)13(2)22-21(12)18(24)11-28-19(25)7-6-15-8-16(26-4)10-17(9-15)27-5/h6-10,22H,11H2,1-5H3/b7-6+. The molecule has 28 heavy (non-hydrogen) atoms. The Hall–Kier alpha value is -3.35. The van der Waals surface area contributed by atoms with E-state index in [4.69, 9.17) is 14.2 Å². The third kappa shape index (κ3) is 4.88.